The molecule has 1 aromatic heterocycles. The van der Waals surface area contributed by atoms with E-state index in [1.54, 1.807) is 7.05 Å². The Morgan fingerprint density at radius 1 is 1.24 bits per heavy atom. The van der Waals surface area contributed by atoms with Gasteiger partial charge in [0, 0.05) is 19.8 Å². The first-order chi connectivity index (χ1) is 10.0. The largest absolute Gasteiger partial charge is 0.371 e. The molecule has 2 aliphatic rings. The first-order valence-corrected chi connectivity index (χ1v) is 9.65. The van der Waals surface area contributed by atoms with Gasteiger partial charge in [-0.2, -0.15) is 5.10 Å². The van der Waals surface area contributed by atoms with Crippen molar-refractivity contribution in [3.05, 3.63) is 0 Å². The number of nitrogens with zero attached hydrogens (tertiary/aromatic N) is 2. The normalized spacial score (nSPS) is 23.4. The SMILES string of the molecule is CNc1nn2c(c1S(C)(=O)=O)NCCC2C1CCCCC1. The van der Waals surface area contributed by atoms with Gasteiger partial charge in [-0.15, -0.1) is 0 Å². The van der Waals surface area contributed by atoms with Crippen molar-refractivity contribution < 1.29 is 8.42 Å². The molecule has 1 atom stereocenters. The maximum Gasteiger partial charge on any atom is 0.182 e. The van der Waals surface area contributed by atoms with Gasteiger partial charge in [-0.1, -0.05) is 19.3 Å². The Morgan fingerprint density at radius 3 is 2.57 bits per heavy atom. The van der Waals surface area contributed by atoms with Gasteiger partial charge in [0.2, 0.25) is 0 Å². The molecule has 1 saturated carbocycles. The molecule has 118 valence electrons. The van der Waals surface area contributed by atoms with Gasteiger partial charge in [0.15, 0.2) is 20.6 Å². The van der Waals surface area contributed by atoms with Gasteiger partial charge in [-0.3, -0.25) is 0 Å². The molecule has 3 rings (SSSR count). The second-order valence-corrected chi connectivity index (χ2v) is 8.13. The molecule has 0 spiro atoms. The molecular formula is C14H24N4O2S. The monoisotopic (exact) mass is 312 g/mol. The zero-order valence-corrected chi connectivity index (χ0v) is 13.5. The second-order valence-electron chi connectivity index (χ2n) is 6.17. The van der Waals surface area contributed by atoms with Gasteiger partial charge in [0.1, 0.15) is 5.82 Å². The van der Waals surface area contributed by atoms with Crippen molar-refractivity contribution in [2.45, 2.75) is 49.5 Å². The number of nitrogens with one attached hydrogen (secondary N) is 2. The van der Waals surface area contributed by atoms with Crippen molar-refractivity contribution in [2.24, 2.45) is 5.92 Å². The minimum absolute atomic E-state index is 0.311. The number of fused-ring (bicyclic) bond motifs is 1. The molecule has 0 bridgehead atoms. The Bertz CT molecular complexity index is 617. The lowest BCUT2D eigenvalue weighted by Gasteiger charge is -2.34. The van der Waals surface area contributed by atoms with Crippen LogP contribution < -0.4 is 10.6 Å². The highest BCUT2D eigenvalue weighted by atomic mass is 32.2. The first kappa shape index (κ1) is 14.7. The maximum absolute atomic E-state index is 12.1. The van der Waals surface area contributed by atoms with E-state index >= 15 is 0 Å². The van der Waals surface area contributed by atoms with Gasteiger partial charge in [0.05, 0.1) is 6.04 Å². The van der Waals surface area contributed by atoms with Crippen LogP contribution in [0.5, 0.6) is 0 Å². The number of sulfone groups is 1. The fraction of sp³-hybridized carbons (Fsp3) is 0.786. The van der Waals surface area contributed by atoms with E-state index in [-0.39, 0.29) is 0 Å². The minimum Gasteiger partial charge on any atom is -0.371 e. The van der Waals surface area contributed by atoms with Crippen molar-refractivity contribution >= 4 is 21.5 Å². The van der Waals surface area contributed by atoms with Gasteiger partial charge in [0.25, 0.3) is 0 Å². The second kappa shape index (κ2) is 5.51. The number of hydrogen-bond acceptors (Lipinski definition) is 5. The van der Waals surface area contributed by atoms with Gasteiger partial charge < -0.3 is 10.6 Å². The minimum atomic E-state index is -3.31. The Morgan fingerprint density at radius 2 is 1.95 bits per heavy atom. The summed E-state index contributed by atoms with van der Waals surface area (Å²) in [6.07, 6.45) is 8.61. The van der Waals surface area contributed by atoms with Crippen molar-refractivity contribution in [3.8, 4) is 0 Å². The highest BCUT2D eigenvalue weighted by Gasteiger charge is 2.34. The first-order valence-electron chi connectivity index (χ1n) is 7.76. The Kier molecular flexibility index (Phi) is 3.86. The molecule has 6 nitrogen and oxygen atoms in total. The van der Waals surface area contributed by atoms with Crippen molar-refractivity contribution in [3.63, 3.8) is 0 Å². The van der Waals surface area contributed by atoms with Gasteiger partial charge >= 0.3 is 0 Å². The molecule has 1 aliphatic heterocycles. The summed E-state index contributed by atoms with van der Waals surface area (Å²) in [4.78, 5) is 0.311. The number of anilines is 2. The molecule has 1 unspecified atom stereocenters. The number of aromatic nitrogens is 2. The summed E-state index contributed by atoms with van der Waals surface area (Å²) in [7, 11) is -1.59. The maximum atomic E-state index is 12.1. The van der Waals surface area contributed by atoms with Crippen LogP contribution in [0.15, 0.2) is 4.90 Å². The standard InChI is InChI=1S/C14H24N4O2S/c1-15-13-12(21(2,19)20)14-16-9-8-11(18(14)17-13)10-6-4-3-5-7-10/h10-11,16H,3-9H2,1-2H3,(H,15,17). The lowest BCUT2D eigenvalue weighted by atomic mass is 9.82. The lowest BCUT2D eigenvalue weighted by Crippen LogP contribution is -2.30. The van der Waals surface area contributed by atoms with Crippen LogP contribution in [-0.2, 0) is 9.84 Å². The summed E-state index contributed by atoms with van der Waals surface area (Å²) in [5.41, 5.74) is 0. The molecule has 1 fully saturated rings. The molecule has 0 radical (unpaired) electrons. The summed E-state index contributed by atoms with van der Waals surface area (Å²) in [5.74, 6) is 1.75. The highest BCUT2D eigenvalue weighted by Crippen LogP contribution is 2.41. The molecule has 2 heterocycles. The van der Waals surface area contributed by atoms with Crippen molar-refractivity contribution in [1.82, 2.24) is 9.78 Å². The quantitative estimate of drug-likeness (QED) is 0.895. The lowest BCUT2D eigenvalue weighted by molar-refractivity contribution is 0.222. The molecule has 0 saturated heterocycles. The van der Waals surface area contributed by atoms with Crippen LogP contribution in [0.2, 0.25) is 0 Å². The van der Waals surface area contributed by atoms with Crippen molar-refractivity contribution in [2.75, 3.05) is 30.5 Å². The average Bonchev–Trinajstić information content (AvgIpc) is 2.86. The van der Waals surface area contributed by atoms with Crippen LogP contribution in [0.3, 0.4) is 0 Å². The predicted molar refractivity (Wildman–Crippen MR) is 83.6 cm³/mol. The van der Waals surface area contributed by atoms with E-state index in [9.17, 15) is 8.42 Å². The highest BCUT2D eigenvalue weighted by molar-refractivity contribution is 7.91. The van der Waals surface area contributed by atoms with Crippen LogP contribution in [0.25, 0.3) is 0 Å². The van der Waals surface area contributed by atoms with E-state index in [1.165, 1.54) is 38.4 Å². The van der Waals surface area contributed by atoms with E-state index in [0.717, 1.165) is 13.0 Å². The third-order valence-electron chi connectivity index (χ3n) is 4.72. The molecule has 7 heteroatoms. The summed E-state index contributed by atoms with van der Waals surface area (Å²) in [5, 5.41) is 10.7. The van der Waals surface area contributed by atoms with Crippen LogP contribution in [0.4, 0.5) is 11.6 Å². The van der Waals surface area contributed by atoms with Crippen LogP contribution in [0.1, 0.15) is 44.6 Å². The summed E-state index contributed by atoms with van der Waals surface area (Å²) in [6, 6.07) is 0.323. The van der Waals surface area contributed by atoms with Crippen molar-refractivity contribution in [1.29, 1.82) is 0 Å². The number of hydrogen-bond donors (Lipinski definition) is 2. The predicted octanol–water partition coefficient (Wildman–Crippen LogP) is 2.27. The molecule has 1 aliphatic carbocycles. The zero-order valence-electron chi connectivity index (χ0n) is 12.7. The van der Waals surface area contributed by atoms with E-state index < -0.39 is 9.84 Å². The van der Waals surface area contributed by atoms with Crippen LogP contribution in [0, 0.1) is 5.92 Å². The van der Waals surface area contributed by atoms with E-state index in [4.69, 9.17) is 0 Å². The Hall–Kier alpha value is -1.24. The summed E-state index contributed by atoms with van der Waals surface area (Å²) >= 11 is 0. The Labute approximate surface area is 126 Å². The molecule has 2 N–H and O–H groups in total. The summed E-state index contributed by atoms with van der Waals surface area (Å²) < 4.78 is 26.1. The molecule has 0 aromatic carbocycles. The zero-order chi connectivity index (χ0) is 15.0. The fourth-order valence-electron chi connectivity index (χ4n) is 3.75. The van der Waals surface area contributed by atoms with E-state index in [0.29, 0.717) is 28.5 Å². The summed E-state index contributed by atoms with van der Waals surface area (Å²) in [6.45, 7) is 0.818. The number of rotatable bonds is 3. The molecule has 1 aromatic rings. The third kappa shape index (κ3) is 2.63. The van der Waals surface area contributed by atoms with Crippen LogP contribution in [-0.4, -0.2) is 38.0 Å². The van der Waals surface area contributed by atoms with Gasteiger partial charge in [-0.25, -0.2) is 13.1 Å². The average molecular weight is 312 g/mol. The third-order valence-corrected chi connectivity index (χ3v) is 5.84. The fourth-order valence-corrected chi connectivity index (χ4v) is 4.76. The Balaban J connectivity index is 2.04. The van der Waals surface area contributed by atoms with E-state index in [1.807, 2.05) is 4.68 Å². The molecular weight excluding hydrogens is 288 g/mol. The van der Waals surface area contributed by atoms with Gasteiger partial charge in [-0.05, 0) is 25.2 Å². The molecule has 21 heavy (non-hydrogen) atoms. The molecule has 0 amide bonds. The smallest absolute Gasteiger partial charge is 0.182 e. The van der Waals surface area contributed by atoms with Crippen LogP contribution >= 0.6 is 0 Å². The topological polar surface area (TPSA) is 76.0 Å². The van der Waals surface area contributed by atoms with E-state index in [2.05, 4.69) is 15.7 Å².